The molecule has 0 aromatic heterocycles. The molecule has 4 nitrogen and oxygen atoms in total. The fourth-order valence-corrected chi connectivity index (χ4v) is 5.00. The largest absolute Gasteiger partial charge is 0.378 e. The normalized spacial score (nSPS) is 11.8. The number of unbranched alkanes of at least 4 members (excludes halogenated alkanes) is 4. The van der Waals surface area contributed by atoms with Gasteiger partial charge in [0.2, 0.25) is 0 Å². The first kappa shape index (κ1) is 32.5. The number of hydrogen-bond donors (Lipinski definition) is 0. The van der Waals surface area contributed by atoms with Crippen molar-refractivity contribution in [2.45, 2.75) is 79.1 Å². The quantitative estimate of drug-likeness (QED) is 0.125. The van der Waals surface area contributed by atoms with E-state index in [1.54, 1.807) is 0 Å². The first-order chi connectivity index (χ1) is 15.8. The molecule has 0 radical (unpaired) electrons. The lowest BCUT2D eigenvalue weighted by molar-refractivity contribution is 0.0605. The summed E-state index contributed by atoms with van der Waals surface area (Å²) in [4.78, 5) is 5.28. The lowest BCUT2D eigenvalue weighted by Crippen LogP contribution is -2.28. The monoisotopic (exact) mass is 492 g/mol. The molecular weight excluding hydrogens is 436 g/mol. The highest BCUT2D eigenvalue weighted by Crippen LogP contribution is 2.06. The standard InChI is InChI=1S/C26H56N2O2S2/c1-5-9-13-27(14-10-6-2)17-23-31-25-21-29-19-20-30-22-26-32-24-18-28(15-11-7-3)16-12-8-4/h5-26H2,1-4H3. The van der Waals surface area contributed by atoms with Gasteiger partial charge >= 0.3 is 0 Å². The van der Waals surface area contributed by atoms with Crippen LogP contribution in [0.15, 0.2) is 0 Å². The van der Waals surface area contributed by atoms with Crippen LogP contribution in [0.3, 0.4) is 0 Å². The van der Waals surface area contributed by atoms with E-state index in [1.165, 1.54) is 102 Å². The zero-order chi connectivity index (χ0) is 23.5. The van der Waals surface area contributed by atoms with E-state index >= 15 is 0 Å². The van der Waals surface area contributed by atoms with Crippen LogP contribution in [0.1, 0.15) is 79.1 Å². The smallest absolute Gasteiger partial charge is 0.0700 e. The molecule has 0 fully saturated rings. The zero-order valence-corrected chi connectivity index (χ0v) is 23.7. The van der Waals surface area contributed by atoms with Gasteiger partial charge in [0.25, 0.3) is 0 Å². The lowest BCUT2D eigenvalue weighted by Gasteiger charge is -2.21. The van der Waals surface area contributed by atoms with Gasteiger partial charge in [-0.3, -0.25) is 0 Å². The van der Waals surface area contributed by atoms with Gasteiger partial charge < -0.3 is 19.3 Å². The third-order valence-corrected chi connectivity index (χ3v) is 7.38. The van der Waals surface area contributed by atoms with Crippen molar-refractivity contribution in [1.82, 2.24) is 9.80 Å². The number of nitrogens with zero attached hydrogens (tertiary/aromatic N) is 2. The third-order valence-electron chi connectivity index (χ3n) is 5.53. The molecule has 0 aliphatic heterocycles. The van der Waals surface area contributed by atoms with Gasteiger partial charge in [-0.2, -0.15) is 23.5 Å². The van der Waals surface area contributed by atoms with Crippen LogP contribution in [0.4, 0.5) is 0 Å². The van der Waals surface area contributed by atoms with Crippen LogP contribution in [0, 0.1) is 0 Å². The summed E-state index contributed by atoms with van der Waals surface area (Å²) in [7, 11) is 0. The molecule has 194 valence electrons. The van der Waals surface area contributed by atoms with E-state index in [0.717, 1.165) is 37.9 Å². The minimum absolute atomic E-state index is 0.728. The second kappa shape index (κ2) is 27.8. The molecular formula is C26H56N2O2S2. The molecule has 0 saturated carbocycles. The van der Waals surface area contributed by atoms with E-state index in [-0.39, 0.29) is 0 Å². The van der Waals surface area contributed by atoms with Gasteiger partial charge in [0, 0.05) is 36.1 Å². The van der Waals surface area contributed by atoms with Gasteiger partial charge in [-0.05, 0) is 51.9 Å². The molecule has 0 N–H and O–H groups in total. The number of hydrogen-bond acceptors (Lipinski definition) is 6. The molecule has 0 aliphatic carbocycles. The second-order valence-electron chi connectivity index (χ2n) is 8.55. The predicted molar refractivity (Wildman–Crippen MR) is 149 cm³/mol. The Bertz CT molecular complexity index is 304. The maximum absolute atomic E-state index is 5.73. The minimum atomic E-state index is 0.728. The molecule has 0 atom stereocenters. The Hall–Kier alpha value is 0.540. The Morgan fingerprint density at radius 1 is 0.438 bits per heavy atom. The maximum Gasteiger partial charge on any atom is 0.0700 e. The third kappa shape index (κ3) is 23.7. The van der Waals surface area contributed by atoms with E-state index in [4.69, 9.17) is 9.47 Å². The van der Waals surface area contributed by atoms with Crippen LogP contribution < -0.4 is 0 Å². The molecule has 0 unspecified atom stereocenters. The van der Waals surface area contributed by atoms with Crippen LogP contribution in [-0.2, 0) is 9.47 Å². The van der Waals surface area contributed by atoms with Crippen LogP contribution in [0.2, 0.25) is 0 Å². The fraction of sp³-hybridized carbons (Fsp3) is 1.00. The maximum atomic E-state index is 5.73. The predicted octanol–water partition coefficient (Wildman–Crippen LogP) is 6.29. The van der Waals surface area contributed by atoms with Crippen molar-refractivity contribution in [3.63, 3.8) is 0 Å². The summed E-state index contributed by atoms with van der Waals surface area (Å²) in [5.41, 5.74) is 0. The summed E-state index contributed by atoms with van der Waals surface area (Å²) in [6.45, 7) is 19.8. The average Bonchev–Trinajstić information content (AvgIpc) is 2.81. The van der Waals surface area contributed by atoms with Crippen LogP contribution >= 0.6 is 23.5 Å². The summed E-state index contributed by atoms with van der Waals surface area (Å²) in [5, 5.41) is 0. The Morgan fingerprint density at radius 2 is 0.781 bits per heavy atom. The molecule has 0 heterocycles. The summed E-state index contributed by atoms with van der Waals surface area (Å²) in [5.74, 6) is 4.63. The highest BCUT2D eigenvalue weighted by Gasteiger charge is 2.04. The van der Waals surface area contributed by atoms with Gasteiger partial charge in [-0.15, -0.1) is 0 Å². The van der Waals surface area contributed by atoms with E-state index in [2.05, 4.69) is 37.5 Å². The molecule has 0 rings (SSSR count). The summed E-state index contributed by atoms with van der Waals surface area (Å²) < 4.78 is 11.5. The highest BCUT2D eigenvalue weighted by molar-refractivity contribution is 7.99. The van der Waals surface area contributed by atoms with Crippen molar-refractivity contribution in [1.29, 1.82) is 0 Å². The van der Waals surface area contributed by atoms with Gasteiger partial charge in [-0.25, -0.2) is 0 Å². The van der Waals surface area contributed by atoms with Crippen LogP contribution in [-0.4, -0.2) is 98.5 Å². The van der Waals surface area contributed by atoms with Crippen molar-refractivity contribution in [2.75, 3.05) is 88.7 Å². The molecule has 0 aromatic rings. The summed E-state index contributed by atoms with van der Waals surface area (Å²) in [6.07, 6.45) is 10.5. The molecule has 0 spiro atoms. The number of rotatable bonds is 27. The Balaban J connectivity index is 3.44. The summed E-state index contributed by atoms with van der Waals surface area (Å²) in [6, 6.07) is 0. The molecule has 0 aliphatic rings. The van der Waals surface area contributed by atoms with Crippen molar-refractivity contribution < 1.29 is 9.47 Å². The number of ether oxygens (including phenoxy) is 2. The molecule has 32 heavy (non-hydrogen) atoms. The topological polar surface area (TPSA) is 24.9 Å². The van der Waals surface area contributed by atoms with E-state index in [1.807, 2.05) is 23.5 Å². The molecule has 0 aromatic carbocycles. The van der Waals surface area contributed by atoms with E-state index in [9.17, 15) is 0 Å². The Kier molecular flexibility index (Phi) is 28.3. The molecule has 0 saturated heterocycles. The fourth-order valence-electron chi connectivity index (χ4n) is 3.35. The van der Waals surface area contributed by atoms with E-state index < -0.39 is 0 Å². The second-order valence-corrected chi connectivity index (χ2v) is 11.0. The van der Waals surface area contributed by atoms with Gasteiger partial charge in [0.1, 0.15) is 0 Å². The van der Waals surface area contributed by atoms with Crippen LogP contribution in [0.5, 0.6) is 0 Å². The Labute approximate surface area is 210 Å². The van der Waals surface area contributed by atoms with Crippen molar-refractivity contribution in [2.24, 2.45) is 0 Å². The molecule has 0 bridgehead atoms. The Morgan fingerprint density at radius 3 is 1.09 bits per heavy atom. The average molecular weight is 493 g/mol. The van der Waals surface area contributed by atoms with Crippen molar-refractivity contribution in [3.05, 3.63) is 0 Å². The van der Waals surface area contributed by atoms with Crippen molar-refractivity contribution in [3.8, 4) is 0 Å². The SMILES string of the molecule is CCCCN(CCCC)CCSCCOCCOCCSCCN(CCCC)CCCC. The van der Waals surface area contributed by atoms with E-state index in [0.29, 0.717) is 0 Å². The lowest BCUT2D eigenvalue weighted by atomic mass is 10.2. The van der Waals surface area contributed by atoms with Gasteiger partial charge in [-0.1, -0.05) is 53.4 Å². The molecule has 0 amide bonds. The van der Waals surface area contributed by atoms with Crippen LogP contribution in [0.25, 0.3) is 0 Å². The minimum Gasteiger partial charge on any atom is -0.378 e. The van der Waals surface area contributed by atoms with Gasteiger partial charge in [0.05, 0.1) is 26.4 Å². The first-order valence-electron chi connectivity index (χ1n) is 13.5. The van der Waals surface area contributed by atoms with Gasteiger partial charge in [0.15, 0.2) is 0 Å². The van der Waals surface area contributed by atoms with Crippen molar-refractivity contribution >= 4 is 23.5 Å². The zero-order valence-electron chi connectivity index (χ0n) is 22.1. The molecule has 6 heteroatoms. The number of thioether (sulfide) groups is 2. The first-order valence-corrected chi connectivity index (χ1v) is 15.8. The summed E-state index contributed by atoms with van der Waals surface area (Å²) >= 11 is 4.05. The highest BCUT2D eigenvalue weighted by atomic mass is 32.2.